The van der Waals surface area contributed by atoms with Crippen LogP contribution in [0.1, 0.15) is 35.0 Å². The number of carbonyl (C=O) groups is 1. The van der Waals surface area contributed by atoms with Gasteiger partial charge in [-0.15, -0.1) is 0 Å². The number of nitrogens with one attached hydrogen (secondary N) is 2. The number of aromatic nitrogens is 3. The van der Waals surface area contributed by atoms with E-state index in [2.05, 4.69) is 20.4 Å². The Balaban J connectivity index is 1.72. The molecule has 1 aromatic carbocycles. The van der Waals surface area contributed by atoms with Crippen molar-refractivity contribution in [1.82, 2.24) is 20.4 Å². The van der Waals surface area contributed by atoms with E-state index in [1.54, 1.807) is 19.2 Å². The van der Waals surface area contributed by atoms with Crippen molar-refractivity contribution in [2.24, 2.45) is 0 Å². The maximum Gasteiger partial charge on any atom is 0.274 e. The lowest BCUT2D eigenvalue weighted by molar-refractivity contribution is 0.0929. The van der Waals surface area contributed by atoms with Gasteiger partial charge >= 0.3 is 0 Å². The molecule has 0 bridgehead atoms. The summed E-state index contributed by atoms with van der Waals surface area (Å²) in [5.41, 5.74) is 2.22. The molecule has 6 heteroatoms. The van der Waals surface area contributed by atoms with E-state index in [0.717, 1.165) is 11.3 Å². The number of nitrogens with zero attached hydrogens (tertiary/aromatic N) is 2. The van der Waals surface area contributed by atoms with Crippen molar-refractivity contribution in [2.75, 3.05) is 0 Å². The molecule has 2 N–H and O–H groups in total. The molecule has 112 valence electrons. The largest absolute Gasteiger partial charge is 0.361 e. The summed E-state index contributed by atoms with van der Waals surface area (Å²) in [6.07, 6.45) is 1.76. The lowest BCUT2D eigenvalue weighted by atomic mass is 10.2. The predicted molar refractivity (Wildman–Crippen MR) is 81.1 cm³/mol. The summed E-state index contributed by atoms with van der Waals surface area (Å²) in [6.45, 7) is 3.60. The van der Waals surface area contributed by atoms with Crippen LogP contribution >= 0.6 is 0 Å². The van der Waals surface area contributed by atoms with Gasteiger partial charge in [0.2, 0.25) is 0 Å². The number of carbonyl (C=O) groups excluding carboxylic acids is 1. The van der Waals surface area contributed by atoms with Crippen molar-refractivity contribution in [1.29, 1.82) is 0 Å². The third-order valence-corrected chi connectivity index (χ3v) is 3.30. The Kier molecular flexibility index (Phi) is 3.74. The van der Waals surface area contributed by atoms with E-state index >= 15 is 0 Å². The Morgan fingerprint density at radius 3 is 2.77 bits per heavy atom. The van der Waals surface area contributed by atoms with Gasteiger partial charge in [0, 0.05) is 6.07 Å². The van der Waals surface area contributed by atoms with E-state index in [1.165, 1.54) is 0 Å². The van der Waals surface area contributed by atoms with Crippen molar-refractivity contribution >= 4 is 5.91 Å². The molecule has 0 saturated carbocycles. The number of imidazole rings is 1. The van der Waals surface area contributed by atoms with Crippen molar-refractivity contribution in [3.63, 3.8) is 0 Å². The second-order valence-electron chi connectivity index (χ2n) is 5.07. The maximum atomic E-state index is 12.0. The highest BCUT2D eigenvalue weighted by molar-refractivity contribution is 5.92. The van der Waals surface area contributed by atoms with Crippen molar-refractivity contribution in [2.45, 2.75) is 19.9 Å². The Bertz CT molecular complexity index is 776. The number of hydrogen-bond donors (Lipinski definition) is 2. The molecule has 2 heterocycles. The fourth-order valence-corrected chi connectivity index (χ4v) is 2.13. The minimum atomic E-state index is -0.290. The molecule has 3 rings (SSSR count). The normalized spacial score (nSPS) is 12.1. The Morgan fingerprint density at radius 2 is 2.09 bits per heavy atom. The van der Waals surface area contributed by atoms with E-state index in [1.807, 2.05) is 37.3 Å². The van der Waals surface area contributed by atoms with Gasteiger partial charge in [-0.1, -0.05) is 35.5 Å². The molecule has 1 amide bonds. The van der Waals surface area contributed by atoms with Gasteiger partial charge in [-0.3, -0.25) is 4.79 Å². The fourth-order valence-electron chi connectivity index (χ4n) is 2.13. The van der Waals surface area contributed by atoms with E-state index in [9.17, 15) is 4.79 Å². The van der Waals surface area contributed by atoms with Crippen molar-refractivity contribution in [3.8, 4) is 11.3 Å². The number of hydrogen-bond acceptors (Lipinski definition) is 4. The monoisotopic (exact) mass is 296 g/mol. The molecule has 0 aliphatic carbocycles. The molecule has 1 atom stereocenters. The first-order chi connectivity index (χ1) is 10.6. The Labute approximate surface area is 127 Å². The Hall–Kier alpha value is -2.89. The molecule has 0 aliphatic heterocycles. The quantitative estimate of drug-likeness (QED) is 0.775. The topological polar surface area (TPSA) is 83.8 Å². The second kappa shape index (κ2) is 5.85. The zero-order valence-electron chi connectivity index (χ0n) is 12.3. The first-order valence-corrected chi connectivity index (χ1v) is 6.98. The third kappa shape index (κ3) is 2.90. The number of rotatable bonds is 4. The fraction of sp³-hybridized carbons (Fsp3) is 0.188. The molecule has 3 aromatic rings. The summed E-state index contributed by atoms with van der Waals surface area (Å²) < 4.78 is 4.90. The van der Waals surface area contributed by atoms with Crippen LogP contribution in [0.15, 0.2) is 47.1 Å². The highest BCUT2D eigenvalue weighted by atomic mass is 16.5. The van der Waals surface area contributed by atoms with Gasteiger partial charge in [-0.05, 0) is 19.4 Å². The van der Waals surface area contributed by atoms with Gasteiger partial charge in [-0.25, -0.2) is 4.98 Å². The van der Waals surface area contributed by atoms with Gasteiger partial charge in [0.1, 0.15) is 11.6 Å². The molecule has 0 saturated heterocycles. The average molecular weight is 296 g/mol. The van der Waals surface area contributed by atoms with Crippen LogP contribution in [0.25, 0.3) is 11.3 Å². The molecule has 0 aliphatic rings. The average Bonchev–Trinajstić information content (AvgIpc) is 3.17. The number of aryl methyl sites for hydroxylation is 1. The number of benzene rings is 1. The Morgan fingerprint density at radius 1 is 1.32 bits per heavy atom. The molecular weight excluding hydrogens is 280 g/mol. The summed E-state index contributed by atoms with van der Waals surface area (Å²) in [4.78, 5) is 19.6. The highest BCUT2D eigenvalue weighted by Gasteiger charge is 2.17. The molecule has 0 radical (unpaired) electrons. The molecule has 0 fully saturated rings. The van der Waals surface area contributed by atoms with E-state index in [4.69, 9.17) is 4.52 Å². The van der Waals surface area contributed by atoms with Crippen LogP contribution in [0.4, 0.5) is 0 Å². The van der Waals surface area contributed by atoms with Gasteiger partial charge in [0.05, 0.1) is 17.9 Å². The standard InChI is InChI=1S/C16H16N4O2/c1-10-8-13(20-22-10)16(21)18-11(2)15-17-9-14(19-15)12-6-4-3-5-7-12/h3-9,11H,1-2H3,(H,17,19)(H,18,21). The van der Waals surface area contributed by atoms with E-state index in [-0.39, 0.29) is 17.6 Å². The van der Waals surface area contributed by atoms with Gasteiger partial charge in [-0.2, -0.15) is 0 Å². The number of amides is 1. The zero-order chi connectivity index (χ0) is 15.5. The summed E-state index contributed by atoms with van der Waals surface area (Å²) in [5, 5.41) is 6.53. The first kappa shape index (κ1) is 14.1. The zero-order valence-corrected chi connectivity index (χ0v) is 12.3. The van der Waals surface area contributed by atoms with Crippen LogP contribution in [0.2, 0.25) is 0 Å². The first-order valence-electron chi connectivity index (χ1n) is 6.98. The summed E-state index contributed by atoms with van der Waals surface area (Å²) in [5.74, 6) is 0.997. The van der Waals surface area contributed by atoms with Gasteiger partial charge in [0.15, 0.2) is 5.69 Å². The van der Waals surface area contributed by atoms with Crippen LogP contribution in [0.3, 0.4) is 0 Å². The lowest BCUT2D eigenvalue weighted by Crippen LogP contribution is -2.27. The van der Waals surface area contributed by atoms with Crippen LogP contribution < -0.4 is 5.32 Å². The molecule has 6 nitrogen and oxygen atoms in total. The lowest BCUT2D eigenvalue weighted by Gasteiger charge is -2.09. The minimum absolute atomic E-state index is 0.262. The van der Waals surface area contributed by atoms with Gasteiger partial charge in [0.25, 0.3) is 5.91 Å². The molecular formula is C16H16N4O2. The summed E-state index contributed by atoms with van der Waals surface area (Å²) in [7, 11) is 0. The smallest absolute Gasteiger partial charge is 0.274 e. The van der Waals surface area contributed by atoms with Crippen LogP contribution in [-0.2, 0) is 0 Å². The molecule has 22 heavy (non-hydrogen) atoms. The number of H-pyrrole nitrogens is 1. The minimum Gasteiger partial charge on any atom is -0.361 e. The molecule has 1 unspecified atom stereocenters. The second-order valence-corrected chi connectivity index (χ2v) is 5.07. The SMILES string of the molecule is Cc1cc(C(=O)NC(C)c2ncc(-c3ccccc3)[nH]2)no1. The van der Waals surface area contributed by atoms with Crippen molar-refractivity contribution < 1.29 is 9.32 Å². The highest BCUT2D eigenvalue weighted by Crippen LogP contribution is 2.19. The van der Waals surface area contributed by atoms with E-state index < -0.39 is 0 Å². The third-order valence-electron chi connectivity index (χ3n) is 3.30. The van der Waals surface area contributed by atoms with Gasteiger partial charge < -0.3 is 14.8 Å². The van der Waals surface area contributed by atoms with Crippen molar-refractivity contribution in [3.05, 3.63) is 59.9 Å². The van der Waals surface area contributed by atoms with Crippen LogP contribution in [0, 0.1) is 6.92 Å². The number of aromatic amines is 1. The molecule has 0 spiro atoms. The van der Waals surface area contributed by atoms with Crippen LogP contribution in [0.5, 0.6) is 0 Å². The molecule has 2 aromatic heterocycles. The summed E-state index contributed by atoms with van der Waals surface area (Å²) in [6, 6.07) is 11.2. The maximum absolute atomic E-state index is 12.0. The van der Waals surface area contributed by atoms with E-state index in [0.29, 0.717) is 11.6 Å². The summed E-state index contributed by atoms with van der Waals surface area (Å²) >= 11 is 0. The van der Waals surface area contributed by atoms with Crippen LogP contribution in [-0.4, -0.2) is 21.0 Å². The predicted octanol–water partition coefficient (Wildman–Crippen LogP) is 2.86.